The maximum Gasteiger partial charge on any atom is 0.303 e. The summed E-state index contributed by atoms with van der Waals surface area (Å²) >= 11 is 16.8. The first-order valence-electron chi connectivity index (χ1n) is 7.22. The highest BCUT2D eigenvalue weighted by atomic mass is 35.6. The molecule has 3 unspecified atom stereocenters. The molecule has 0 spiro atoms. The van der Waals surface area contributed by atoms with Crippen molar-refractivity contribution in [1.29, 1.82) is 5.41 Å². The van der Waals surface area contributed by atoms with E-state index in [1.54, 1.807) is 0 Å². The van der Waals surface area contributed by atoms with Gasteiger partial charge in [-0.15, -0.1) is 0 Å². The molecule has 24 heavy (non-hydrogen) atoms. The second-order valence-corrected chi connectivity index (χ2v) is 7.86. The van der Waals surface area contributed by atoms with Crippen LogP contribution in [-0.2, 0) is 28.5 Å². The predicted octanol–water partition coefficient (Wildman–Crippen LogP) is 2.84. The fraction of sp³-hybridized carbons (Fsp3) is 0.786. The lowest BCUT2D eigenvalue weighted by Crippen LogP contribution is -2.54. The Hall–Kier alpha value is -0.760. The summed E-state index contributed by atoms with van der Waals surface area (Å²) in [4.78, 5) is 22.4. The van der Waals surface area contributed by atoms with E-state index in [4.69, 9.17) is 59.2 Å². The van der Waals surface area contributed by atoms with Gasteiger partial charge in [-0.1, -0.05) is 48.7 Å². The summed E-state index contributed by atoms with van der Waals surface area (Å²) in [5, 5.41) is 7.68. The van der Waals surface area contributed by atoms with E-state index in [-0.39, 0.29) is 18.4 Å². The first-order valence-corrected chi connectivity index (χ1v) is 8.35. The van der Waals surface area contributed by atoms with Crippen LogP contribution in [0, 0.1) is 17.2 Å². The van der Waals surface area contributed by atoms with Crippen molar-refractivity contribution in [3.05, 3.63) is 0 Å². The van der Waals surface area contributed by atoms with E-state index in [0.717, 1.165) is 0 Å². The molecule has 1 saturated heterocycles. The molecule has 0 amide bonds. The van der Waals surface area contributed by atoms with E-state index in [1.807, 2.05) is 13.8 Å². The molecule has 1 rings (SSSR count). The minimum absolute atomic E-state index is 0.00536. The fourth-order valence-electron chi connectivity index (χ4n) is 2.28. The summed E-state index contributed by atoms with van der Waals surface area (Å²) < 4.78 is 19.1. The summed E-state index contributed by atoms with van der Waals surface area (Å²) in [6, 6.07) is 0. The van der Waals surface area contributed by atoms with Gasteiger partial charge in [0.15, 0.2) is 6.10 Å². The van der Waals surface area contributed by atoms with Crippen molar-refractivity contribution in [2.75, 3.05) is 6.61 Å². The Balaban J connectivity index is 2.95. The summed E-state index contributed by atoms with van der Waals surface area (Å²) in [6.45, 7) is 6.22. The van der Waals surface area contributed by atoms with E-state index in [0.29, 0.717) is 0 Å². The first-order chi connectivity index (χ1) is 10.9. The SMILES string of the molecule is CC(=O)OCC1OC(OC(=N)C(Cl)(Cl)Cl)C(OC(C)=O)[C@@H](C)[C@H]1C. The number of rotatable bonds is 4. The van der Waals surface area contributed by atoms with Crippen molar-refractivity contribution >= 4 is 52.6 Å². The van der Waals surface area contributed by atoms with Gasteiger partial charge in [0.2, 0.25) is 12.2 Å². The average Bonchev–Trinajstić information content (AvgIpc) is 2.43. The summed E-state index contributed by atoms with van der Waals surface area (Å²) in [5.41, 5.74) is 0. The van der Waals surface area contributed by atoms with Crippen molar-refractivity contribution in [2.45, 2.75) is 50.0 Å². The number of esters is 2. The smallest absolute Gasteiger partial charge is 0.303 e. The Morgan fingerprint density at radius 2 is 1.67 bits per heavy atom. The van der Waals surface area contributed by atoms with Crippen LogP contribution in [0.2, 0.25) is 0 Å². The van der Waals surface area contributed by atoms with E-state index >= 15 is 0 Å². The largest absolute Gasteiger partial charge is 0.463 e. The van der Waals surface area contributed by atoms with Crippen LogP contribution in [0.25, 0.3) is 0 Å². The zero-order chi connectivity index (χ0) is 18.7. The number of nitrogens with one attached hydrogen (secondary N) is 1. The van der Waals surface area contributed by atoms with E-state index in [2.05, 4.69) is 0 Å². The Morgan fingerprint density at radius 3 is 2.12 bits per heavy atom. The van der Waals surface area contributed by atoms with Gasteiger partial charge in [0.1, 0.15) is 6.61 Å². The number of carbonyl (C=O) groups excluding carboxylic acids is 2. The highest BCUT2D eigenvalue weighted by Gasteiger charge is 2.46. The molecule has 1 aliphatic heterocycles. The number of hydrogen-bond acceptors (Lipinski definition) is 7. The monoisotopic (exact) mass is 403 g/mol. The second kappa shape index (κ2) is 8.56. The molecule has 10 heteroatoms. The molecule has 1 heterocycles. The highest BCUT2D eigenvalue weighted by Crippen LogP contribution is 2.36. The molecule has 0 radical (unpaired) electrons. The maximum atomic E-state index is 11.4. The molecule has 0 aromatic heterocycles. The Labute approximate surface area is 155 Å². The summed E-state index contributed by atoms with van der Waals surface area (Å²) in [7, 11) is 0. The molecule has 7 nitrogen and oxygen atoms in total. The molecule has 0 bridgehead atoms. The van der Waals surface area contributed by atoms with Gasteiger partial charge in [0, 0.05) is 19.8 Å². The minimum atomic E-state index is -2.08. The molecular weight excluding hydrogens is 385 g/mol. The van der Waals surface area contributed by atoms with Gasteiger partial charge in [0.25, 0.3) is 3.79 Å². The number of carbonyl (C=O) groups is 2. The molecule has 0 saturated carbocycles. The number of ether oxygens (including phenoxy) is 4. The van der Waals surface area contributed by atoms with Crippen LogP contribution in [0.15, 0.2) is 0 Å². The van der Waals surface area contributed by atoms with Crippen LogP contribution >= 0.6 is 34.8 Å². The van der Waals surface area contributed by atoms with Crippen LogP contribution in [0.1, 0.15) is 27.7 Å². The number of alkyl halides is 3. The van der Waals surface area contributed by atoms with Gasteiger partial charge >= 0.3 is 11.9 Å². The fourth-order valence-corrected chi connectivity index (χ4v) is 2.42. The third kappa shape index (κ3) is 5.95. The van der Waals surface area contributed by atoms with E-state index in [1.165, 1.54) is 13.8 Å². The van der Waals surface area contributed by atoms with Crippen molar-refractivity contribution in [1.82, 2.24) is 0 Å². The molecule has 0 aromatic rings. The summed E-state index contributed by atoms with van der Waals surface area (Å²) in [6.07, 6.45) is -2.49. The molecular formula is C14H20Cl3NO6. The Bertz CT molecular complexity index is 493. The molecule has 5 atom stereocenters. The van der Waals surface area contributed by atoms with Gasteiger partial charge in [-0.3, -0.25) is 15.0 Å². The van der Waals surface area contributed by atoms with Crippen LogP contribution in [0.3, 0.4) is 0 Å². The lowest BCUT2D eigenvalue weighted by atomic mass is 9.83. The molecule has 1 fully saturated rings. The van der Waals surface area contributed by atoms with Crippen molar-refractivity contribution in [3.63, 3.8) is 0 Å². The quantitative estimate of drug-likeness (QED) is 0.335. The molecule has 138 valence electrons. The van der Waals surface area contributed by atoms with Crippen LogP contribution in [-0.4, -0.2) is 46.7 Å². The van der Waals surface area contributed by atoms with E-state index < -0.39 is 40.1 Å². The molecule has 0 aliphatic carbocycles. The second-order valence-electron chi connectivity index (χ2n) is 5.58. The zero-order valence-electron chi connectivity index (χ0n) is 13.7. The lowest BCUT2D eigenvalue weighted by Gasteiger charge is -2.43. The third-order valence-corrected chi connectivity index (χ3v) is 4.27. The summed E-state index contributed by atoms with van der Waals surface area (Å²) in [5.74, 6) is -1.98. The number of hydrogen-bond donors (Lipinski definition) is 1. The van der Waals surface area contributed by atoms with Crippen LogP contribution < -0.4 is 0 Å². The van der Waals surface area contributed by atoms with Crippen molar-refractivity contribution in [3.8, 4) is 0 Å². The van der Waals surface area contributed by atoms with Gasteiger partial charge in [0.05, 0.1) is 6.10 Å². The maximum absolute atomic E-state index is 11.4. The molecule has 0 aromatic carbocycles. The Kier molecular flexibility index (Phi) is 7.59. The average molecular weight is 405 g/mol. The Morgan fingerprint density at radius 1 is 1.08 bits per heavy atom. The van der Waals surface area contributed by atoms with Gasteiger partial charge < -0.3 is 18.9 Å². The highest BCUT2D eigenvalue weighted by molar-refractivity contribution is 6.76. The van der Waals surface area contributed by atoms with E-state index in [9.17, 15) is 9.59 Å². The number of halogens is 3. The minimum Gasteiger partial charge on any atom is -0.463 e. The van der Waals surface area contributed by atoms with Crippen molar-refractivity contribution in [2.24, 2.45) is 11.8 Å². The normalized spacial score (nSPS) is 30.4. The zero-order valence-corrected chi connectivity index (χ0v) is 15.9. The lowest BCUT2D eigenvalue weighted by molar-refractivity contribution is -0.258. The standard InChI is InChI=1S/C14H20Cl3NO6/c1-6-7(2)11(22-9(4)20)12(24-13(18)14(15,16)17)23-10(6)5-21-8(3)19/h6-7,10-12,18H,5H2,1-4H3/t6-,7+,10?,11?,12?/m1/s1. The first kappa shape index (κ1) is 21.3. The van der Waals surface area contributed by atoms with Gasteiger partial charge in [-0.2, -0.15) is 0 Å². The molecule has 1 aliphatic rings. The van der Waals surface area contributed by atoms with Crippen LogP contribution in [0.5, 0.6) is 0 Å². The molecule has 1 N–H and O–H groups in total. The topological polar surface area (TPSA) is 94.9 Å². The van der Waals surface area contributed by atoms with Crippen molar-refractivity contribution < 1.29 is 28.5 Å². The van der Waals surface area contributed by atoms with Gasteiger partial charge in [-0.05, 0) is 5.92 Å². The third-order valence-electron chi connectivity index (χ3n) is 3.76. The predicted molar refractivity (Wildman–Crippen MR) is 88.3 cm³/mol. The van der Waals surface area contributed by atoms with Crippen LogP contribution in [0.4, 0.5) is 0 Å². The van der Waals surface area contributed by atoms with Gasteiger partial charge in [-0.25, -0.2) is 0 Å².